The van der Waals surface area contributed by atoms with Crippen molar-refractivity contribution in [2.45, 2.75) is 38.9 Å². The number of methoxy groups -OCH3 is 1. The van der Waals surface area contributed by atoms with Gasteiger partial charge in [-0.3, -0.25) is 9.78 Å². The summed E-state index contributed by atoms with van der Waals surface area (Å²) in [6.45, 7) is 8.03. The summed E-state index contributed by atoms with van der Waals surface area (Å²) in [7, 11) is 1.09. The van der Waals surface area contributed by atoms with Crippen molar-refractivity contribution in [3.63, 3.8) is 0 Å². The Labute approximate surface area is 165 Å². The molecule has 3 rings (SSSR count). The maximum Gasteiger partial charge on any atom is 0.494 e. The normalized spacial score (nSPS) is 17.7. The molecule has 146 valence electrons. The molecule has 0 radical (unpaired) electrons. The van der Waals surface area contributed by atoms with Gasteiger partial charge in [0.2, 0.25) is 0 Å². The molecule has 1 aromatic carbocycles. The summed E-state index contributed by atoms with van der Waals surface area (Å²) in [6.07, 6.45) is 4.64. The average Bonchev–Trinajstić information content (AvgIpc) is 2.89. The summed E-state index contributed by atoms with van der Waals surface area (Å²) in [5, 5.41) is 4.04. The van der Waals surface area contributed by atoms with E-state index in [0.29, 0.717) is 16.9 Å². The van der Waals surface area contributed by atoms with Crippen LogP contribution in [0.25, 0.3) is 0 Å². The van der Waals surface area contributed by atoms with Gasteiger partial charge in [0.1, 0.15) is 5.75 Å². The smallest absolute Gasteiger partial charge is 0.494 e. The Kier molecular flexibility index (Phi) is 5.53. The second kappa shape index (κ2) is 7.73. The molecule has 0 unspecified atom stereocenters. The number of pyridine rings is 1. The lowest BCUT2D eigenvalue weighted by Gasteiger charge is -2.32. The van der Waals surface area contributed by atoms with Crippen molar-refractivity contribution in [1.82, 2.24) is 10.4 Å². The van der Waals surface area contributed by atoms with Gasteiger partial charge in [0, 0.05) is 23.5 Å². The lowest BCUT2D eigenvalue weighted by atomic mass is 9.78. The zero-order chi connectivity index (χ0) is 20.4. The number of aromatic nitrogens is 1. The number of hydrazone groups is 1. The number of nitrogens with zero attached hydrogens (tertiary/aromatic N) is 2. The minimum atomic E-state index is -0.491. The van der Waals surface area contributed by atoms with Crippen LogP contribution in [0.5, 0.6) is 5.75 Å². The largest absolute Gasteiger partial charge is 0.496 e. The van der Waals surface area contributed by atoms with E-state index in [9.17, 15) is 4.79 Å². The van der Waals surface area contributed by atoms with Crippen LogP contribution >= 0.6 is 0 Å². The fraction of sp³-hybridized carbons (Fsp3) is 0.350. The van der Waals surface area contributed by atoms with Gasteiger partial charge in [0.25, 0.3) is 5.91 Å². The summed E-state index contributed by atoms with van der Waals surface area (Å²) in [6, 6.07) is 8.83. The SMILES string of the molecule is COc1ccc(B2OC(C)(C)C(C)(C)O2)cc1/C=N/NC(=O)c1ccncc1. The first kappa shape index (κ1) is 20.0. The number of carbonyl (C=O) groups excluding carboxylic acids is 1. The van der Waals surface area contributed by atoms with E-state index < -0.39 is 18.3 Å². The zero-order valence-corrected chi connectivity index (χ0v) is 16.7. The number of carbonyl (C=O) groups is 1. The van der Waals surface area contributed by atoms with Crippen LogP contribution in [0.2, 0.25) is 0 Å². The van der Waals surface area contributed by atoms with E-state index >= 15 is 0 Å². The number of hydrogen-bond acceptors (Lipinski definition) is 6. The molecule has 28 heavy (non-hydrogen) atoms. The topological polar surface area (TPSA) is 82.0 Å². The number of amides is 1. The molecule has 1 N–H and O–H groups in total. The molecular formula is C20H24BN3O4. The second-order valence-electron chi connectivity index (χ2n) is 7.52. The average molecular weight is 381 g/mol. The van der Waals surface area contributed by atoms with E-state index in [4.69, 9.17) is 14.0 Å². The predicted octanol–water partition coefficient (Wildman–Crippen LogP) is 2.15. The van der Waals surface area contributed by atoms with Crippen LogP contribution in [-0.2, 0) is 9.31 Å². The van der Waals surface area contributed by atoms with Gasteiger partial charge in [-0.15, -0.1) is 0 Å². The predicted molar refractivity (Wildman–Crippen MR) is 108 cm³/mol. The van der Waals surface area contributed by atoms with Crippen LogP contribution in [0.15, 0.2) is 47.8 Å². The quantitative estimate of drug-likeness (QED) is 0.488. The van der Waals surface area contributed by atoms with Crippen molar-refractivity contribution in [3.8, 4) is 5.75 Å². The van der Waals surface area contributed by atoms with Crippen molar-refractivity contribution in [2.75, 3.05) is 7.11 Å². The second-order valence-corrected chi connectivity index (χ2v) is 7.52. The highest BCUT2D eigenvalue weighted by atomic mass is 16.7. The first-order chi connectivity index (χ1) is 13.2. The van der Waals surface area contributed by atoms with Crippen LogP contribution in [-0.4, -0.2) is 42.5 Å². The van der Waals surface area contributed by atoms with E-state index in [0.717, 1.165) is 5.46 Å². The van der Waals surface area contributed by atoms with Gasteiger partial charge in [0.05, 0.1) is 24.5 Å². The maximum atomic E-state index is 12.1. The van der Waals surface area contributed by atoms with Gasteiger partial charge in [0.15, 0.2) is 0 Å². The summed E-state index contributed by atoms with van der Waals surface area (Å²) in [5.74, 6) is 0.307. The Morgan fingerprint density at radius 1 is 1.14 bits per heavy atom. The molecule has 1 aliphatic heterocycles. The van der Waals surface area contributed by atoms with Crippen molar-refractivity contribution in [3.05, 3.63) is 53.9 Å². The fourth-order valence-electron chi connectivity index (χ4n) is 2.71. The molecule has 0 aliphatic carbocycles. The maximum absolute atomic E-state index is 12.1. The van der Waals surface area contributed by atoms with E-state index in [1.807, 2.05) is 45.9 Å². The Hall–Kier alpha value is -2.71. The number of ether oxygens (including phenoxy) is 1. The molecule has 7 nitrogen and oxygen atoms in total. The highest BCUT2D eigenvalue weighted by Crippen LogP contribution is 2.36. The minimum Gasteiger partial charge on any atom is -0.496 e. The molecule has 8 heteroatoms. The molecule has 1 aromatic heterocycles. The van der Waals surface area contributed by atoms with Crippen LogP contribution in [0.1, 0.15) is 43.6 Å². The van der Waals surface area contributed by atoms with Crippen molar-refractivity contribution >= 4 is 24.7 Å². The molecule has 0 spiro atoms. The minimum absolute atomic E-state index is 0.320. The van der Waals surface area contributed by atoms with Crippen molar-refractivity contribution < 1.29 is 18.8 Å². The molecule has 1 fully saturated rings. The molecule has 2 aromatic rings. The summed E-state index contributed by atoms with van der Waals surface area (Å²) < 4.78 is 17.6. The fourth-order valence-corrected chi connectivity index (χ4v) is 2.71. The van der Waals surface area contributed by atoms with Crippen LogP contribution in [0.4, 0.5) is 0 Å². The van der Waals surface area contributed by atoms with Gasteiger partial charge in [-0.1, -0.05) is 6.07 Å². The Morgan fingerprint density at radius 2 is 1.79 bits per heavy atom. The number of benzene rings is 1. The summed E-state index contributed by atoms with van der Waals surface area (Å²) in [4.78, 5) is 16.0. The summed E-state index contributed by atoms with van der Waals surface area (Å²) in [5.41, 5.74) is 3.67. The van der Waals surface area contributed by atoms with Crippen LogP contribution < -0.4 is 15.6 Å². The molecule has 1 saturated heterocycles. The first-order valence-electron chi connectivity index (χ1n) is 9.00. The van der Waals surface area contributed by atoms with Crippen LogP contribution in [0.3, 0.4) is 0 Å². The van der Waals surface area contributed by atoms with Crippen molar-refractivity contribution in [1.29, 1.82) is 0 Å². The Bertz CT molecular complexity index is 868. The first-order valence-corrected chi connectivity index (χ1v) is 9.00. The molecule has 0 bridgehead atoms. The molecular weight excluding hydrogens is 357 g/mol. The van der Waals surface area contributed by atoms with E-state index in [1.54, 1.807) is 31.6 Å². The van der Waals surface area contributed by atoms with E-state index in [2.05, 4.69) is 15.5 Å². The third-order valence-corrected chi connectivity index (χ3v) is 5.09. The van der Waals surface area contributed by atoms with Crippen molar-refractivity contribution in [2.24, 2.45) is 5.10 Å². The highest BCUT2D eigenvalue weighted by Gasteiger charge is 2.51. The highest BCUT2D eigenvalue weighted by molar-refractivity contribution is 6.62. The molecule has 0 atom stereocenters. The number of nitrogens with one attached hydrogen (secondary N) is 1. The molecule has 2 heterocycles. The molecule has 0 saturated carbocycles. The van der Waals surface area contributed by atoms with Gasteiger partial charge >= 0.3 is 7.12 Å². The molecule has 1 amide bonds. The Morgan fingerprint density at radius 3 is 2.39 bits per heavy atom. The lowest BCUT2D eigenvalue weighted by molar-refractivity contribution is 0.00578. The lowest BCUT2D eigenvalue weighted by Crippen LogP contribution is -2.41. The van der Waals surface area contributed by atoms with E-state index in [-0.39, 0.29) is 5.91 Å². The molecule has 1 aliphatic rings. The standard InChI is InChI=1S/C20H24BN3O4/c1-19(2)20(3,4)28-21(27-19)16-6-7-17(26-5)15(12-16)13-23-24-18(25)14-8-10-22-11-9-14/h6-13H,1-5H3,(H,24,25)/b23-13+. The third kappa shape index (κ3) is 4.08. The van der Waals surface area contributed by atoms with Gasteiger partial charge in [-0.2, -0.15) is 5.10 Å². The van der Waals surface area contributed by atoms with Gasteiger partial charge < -0.3 is 14.0 Å². The third-order valence-electron chi connectivity index (χ3n) is 5.09. The number of rotatable bonds is 5. The number of hydrogen-bond donors (Lipinski definition) is 1. The summed E-state index contributed by atoms with van der Waals surface area (Å²) >= 11 is 0. The zero-order valence-electron chi connectivity index (χ0n) is 16.7. The van der Waals surface area contributed by atoms with Gasteiger partial charge in [-0.25, -0.2) is 5.43 Å². The van der Waals surface area contributed by atoms with Gasteiger partial charge in [-0.05, 0) is 57.4 Å². The van der Waals surface area contributed by atoms with Crippen LogP contribution in [0, 0.1) is 0 Å². The monoisotopic (exact) mass is 381 g/mol. The van der Waals surface area contributed by atoms with E-state index in [1.165, 1.54) is 6.21 Å². The Balaban J connectivity index is 1.78.